The lowest BCUT2D eigenvalue weighted by atomic mass is 10.0. The summed E-state index contributed by atoms with van der Waals surface area (Å²) in [6.45, 7) is 5.20. The average molecular weight is 543 g/mol. The van der Waals surface area contributed by atoms with Crippen LogP contribution in [0.1, 0.15) is 39.9 Å². The van der Waals surface area contributed by atoms with Crippen LogP contribution in [0.4, 0.5) is 10.1 Å². The number of halogens is 1. The third-order valence-electron chi connectivity index (χ3n) is 7.93. The first kappa shape index (κ1) is 26.0. The van der Waals surface area contributed by atoms with Crippen LogP contribution in [0.3, 0.4) is 0 Å². The van der Waals surface area contributed by atoms with Gasteiger partial charge in [-0.2, -0.15) is 0 Å². The monoisotopic (exact) mass is 542 g/mol. The van der Waals surface area contributed by atoms with Gasteiger partial charge in [0.1, 0.15) is 24.2 Å². The van der Waals surface area contributed by atoms with Crippen molar-refractivity contribution in [2.75, 3.05) is 31.1 Å². The lowest BCUT2D eigenvalue weighted by Gasteiger charge is -2.36. The molecule has 3 aromatic carbocycles. The van der Waals surface area contributed by atoms with E-state index in [9.17, 15) is 18.8 Å². The number of ether oxygens (including phenoxy) is 1. The highest BCUT2D eigenvalue weighted by molar-refractivity contribution is 6.05. The van der Waals surface area contributed by atoms with Crippen LogP contribution in [0.15, 0.2) is 66.7 Å². The van der Waals surface area contributed by atoms with Crippen molar-refractivity contribution in [3.05, 3.63) is 94.8 Å². The molecule has 1 atom stereocenters. The molecule has 9 heteroatoms. The van der Waals surface area contributed by atoms with Gasteiger partial charge in [0.15, 0.2) is 0 Å². The van der Waals surface area contributed by atoms with Crippen molar-refractivity contribution >= 4 is 23.4 Å². The van der Waals surface area contributed by atoms with Crippen molar-refractivity contribution < 1.29 is 23.5 Å². The van der Waals surface area contributed by atoms with Crippen LogP contribution in [-0.4, -0.2) is 59.7 Å². The average Bonchev–Trinajstić information content (AvgIpc) is 3.30. The van der Waals surface area contributed by atoms with Crippen LogP contribution < -0.4 is 15.0 Å². The normalized spacial score (nSPS) is 19.5. The summed E-state index contributed by atoms with van der Waals surface area (Å²) in [6, 6.07) is 19.8. The van der Waals surface area contributed by atoms with Crippen molar-refractivity contribution in [3.8, 4) is 5.75 Å². The van der Waals surface area contributed by atoms with Crippen LogP contribution in [0.2, 0.25) is 0 Å². The van der Waals surface area contributed by atoms with Crippen molar-refractivity contribution in [2.24, 2.45) is 0 Å². The third-order valence-corrected chi connectivity index (χ3v) is 7.93. The predicted octanol–water partition coefficient (Wildman–Crippen LogP) is 3.49. The van der Waals surface area contributed by atoms with Crippen LogP contribution in [-0.2, 0) is 29.3 Å². The number of carbonyl (C=O) groups is 3. The molecule has 3 aromatic rings. The minimum Gasteiger partial charge on any atom is -0.489 e. The molecular weight excluding hydrogens is 511 g/mol. The van der Waals surface area contributed by atoms with Gasteiger partial charge in [-0.1, -0.05) is 30.3 Å². The molecule has 1 N–H and O–H groups in total. The molecule has 0 aliphatic carbocycles. The van der Waals surface area contributed by atoms with E-state index in [0.29, 0.717) is 24.3 Å². The second-order valence-electron chi connectivity index (χ2n) is 10.5. The number of nitrogens with zero attached hydrogens (tertiary/aromatic N) is 3. The van der Waals surface area contributed by atoms with Crippen LogP contribution in [0.5, 0.6) is 5.75 Å². The molecule has 0 saturated carbocycles. The largest absolute Gasteiger partial charge is 0.489 e. The summed E-state index contributed by atoms with van der Waals surface area (Å²) in [6.07, 6.45) is 0.555. The first-order valence-corrected chi connectivity index (χ1v) is 13.6. The molecule has 0 aromatic heterocycles. The highest BCUT2D eigenvalue weighted by Gasteiger charge is 2.40. The number of rotatable bonds is 7. The maximum atomic E-state index is 13.2. The number of fused-ring (bicyclic) bond motifs is 1. The molecule has 2 saturated heterocycles. The zero-order valence-electron chi connectivity index (χ0n) is 22.1. The van der Waals surface area contributed by atoms with E-state index < -0.39 is 11.9 Å². The molecule has 40 heavy (non-hydrogen) atoms. The Morgan fingerprint density at radius 3 is 2.33 bits per heavy atom. The molecule has 6 rings (SSSR count). The number of benzene rings is 3. The van der Waals surface area contributed by atoms with Crippen molar-refractivity contribution in [1.29, 1.82) is 0 Å². The molecule has 3 aliphatic heterocycles. The van der Waals surface area contributed by atoms with E-state index in [1.165, 1.54) is 22.6 Å². The Bertz CT molecular complexity index is 1420. The van der Waals surface area contributed by atoms with Gasteiger partial charge in [0.2, 0.25) is 11.8 Å². The molecular formula is C31H31FN4O4. The van der Waals surface area contributed by atoms with Gasteiger partial charge in [-0.25, -0.2) is 4.39 Å². The SMILES string of the molecule is O=C1CCC(N2Cc3c(OCc4ccc(CN5CCN(c6ccc(F)cc6)CC5)cc4)cccc3C2=O)C(=O)N1. The minimum absolute atomic E-state index is 0.210. The molecule has 206 valence electrons. The zero-order valence-corrected chi connectivity index (χ0v) is 22.1. The van der Waals surface area contributed by atoms with E-state index in [1.807, 2.05) is 18.2 Å². The van der Waals surface area contributed by atoms with E-state index in [4.69, 9.17) is 4.74 Å². The van der Waals surface area contributed by atoms with Crippen LogP contribution >= 0.6 is 0 Å². The van der Waals surface area contributed by atoms with Gasteiger partial charge in [0.05, 0.1) is 6.54 Å². The molecule has 0 radical (unpaired) electrons. The zero-order chi connectivity index (χ0) is 27.6. The summed E-state index contributed by atoms with van der Waals surface area (Å²) in [5.74, 6) is -0.517. The minimum atomic E-state index is -0.649. The molecule has 0 bridgehead atoms. The first-order chi connectivity index (χ1) is 19.4. The van der Waals surface area contributed by atoms with E-state index in [0.717, 1.165) is 49.5 Å². The molecule has 8 nitrogen and oxygen atoms in total. The summed E-state index contributed by atoms with van der Waals surface area (Å²) in [7, 11) is 0. The van der Waals surface area contributed by atoms with Gasteiger partial charge < -0.3 is 14.5 Å². The van der Waals surface area contributed by atoms with Gasteiger partial charge in [-0.05, 0) is 53.9 Å². The number of anilines is 1. The van der Waals surface area contributed by atoms with Crippen molar-refractivity contribution in [3.63, 3.8) is 0 Å². The topological polar surface area (TPSA) is 82.2 Å². The second kappa shape index (κ2) is 11.1. The number of piperazine rings is 1. The summed E-state index contributed by atoms with van der Waals surface area (Å²) in [4.78, 5) is 43.2. The lowest BCUT2D eigenvalue weighted by molar-refractivity contribution is -0.136. The number of carbonyl (C=O) groups excluding carboxylic acids is 3. The molecule has 1 unspecified atom stereocenters. The number of amides is 3. The summed E-state index contributed by atoms with van der Waals surface area (Å²) in [5.41, 5.74) is 4.62. The van der Waals surface area contributed by atoms with Crippen molar-refractivity contribution in [1.82, 2.24) is 15.1 Å². The quantitative estimate of drug-likeness (QED) is 0.461. The van der Waals surface area contributed by atoms with Crippen molar-refractivity contribution in [2.45, 2.75) is 38.6 Å². The van der Waals surface area contributed by atoms with E-state index in [1.54, 1.807) is 12.1 Å². The lowest BCUT2D eigenvalue weighted by Crippen LogP contribution is -2.52. The second-order valence-corrected chi connectivity index (χ2v) is 10.5. The smallest absolute Gasteiger partial charge is 0.255 e. The van der Waals surface area contributed by atoms with Gasteiger partial charge >= 0.3 is 0 Å². The first-order valence-electron chi connectivity index (χ1n) is 13.6. The molecule has 3 aliphatic rings. The van der Waals surface area contributed by atoms with Gasteiger partial charge in [0.25, 0.3) is 5.91 Å². The summed E-state index contributed by atoms with van der Waals surface area (Å²) in [5, 5.41) is 2.34. The van der Waals surface area contributed by atoms with Gasteiger partial charge in [-0.3, -0.25) is 24.6 Å². The fraction of sp³-hybridized carbons (Fsp3) is 0.323. The Kier molecular flexibility index (Phi) is 7.21. The number of nitrogens with one attached hydrogen (secondary N) is 1. The highest BCUT2D eigenvalue weighted by atomic mass is 19.1. The van der Waals surface area contributed by atoms with Gasteiger partial charge in [0, 0.05) is 56.0 Å². The summed E-state index contributed by atoms with van der Waals surface area (Å²) < 4.78 is 19.4. The number of piperidine rings is 1. The number of hydrogen-bond donors (Lipinski definition) is 1. The molecule has 0 spiro atoms. The Balaban J connectivity index is 1.03. The Hall–Kier alpha value is -4.24. The fourth-order valence-corrected chi connectivity index (χ4v) is 5.67. The highest BCUT2D eigenvalue weighted by Crippen LogP contribution is 2.34. The number of hydrogen-bond acceptors (Lipinski definition) is 6. The maximum absolute atomic E-state index is 13.2. The van der Waals surface area contributed by atoms with E-state index in [-0.39, 0.29) is 30.6 Å². The standard InChI is InChI=1S/C31H31FN4O4/c32-23-8-10-24(11-9-23)35-16-14-34(15-17-35)18-21-4-6-22(7-5-21)20-40-28-3-1-2-25-26(28)19-36(31(25)39)27-12-13-29(37)33-30(27)38/h1-11,27H,12-20H2,(H,33,37,38). The molecule has 2 fully saturated rings. The van der Waals surface area contributed by atoms with Gasteiger partial charge in [-0.15, -0.1) is 0 Å². The van der Waals surface area contributed by atoms with Crippen LogP contribution in [0, 0.1) is 5.82 Å². The predicted molar refractivity (Wildman–Crippen MR) is 147 cm³/mol. The molecule has 3 amide bonds. The fourth-order valence-electron chi connectivity index (χ4n) is 5.67. The number of imide groups is 1. The summed E-state index contributed by atoms with van der Waals surface area (Å²) >= 11 is 0. The van der Waals surface area contributed by atoms with Crippen LogP contribution in [0.25, 0.3) is 0 Å². The third kappa shape index (κ3) is 5.42. The van der Waals surface area contributed by atoms with E-state index >= 15 is 0 Å². The van der Waals surface area contributed by atoms with E-state index in [2.05, 4.69) is 39.4 Å². The Morgan fingerprint density at radius 2 is 1.60 bits per heavy atom. The Morgan fingerprint density at radius 1 is 0.875 bits per heavy atom. The Labute approximate surface area is 232 Å². The molecule has 3 heterocycles. The maximum Gasteiger partial charge on any atom is 0.255 e.